The molecule has 1 N–H and O–H groups in total. The number of methoxy groups -OCH3 is 1. The van der Waals surface area contributed by atoms with Crippen LogP contribution in [0.5, 0.6) is 11.5 Å². The second-order valence-electron chi connectivity index (χ2n) is 6.78. The van der Waals surface area contributed by atoms with Crippen LogP contribution < -0.4 is 14.8 Å². The Morgan fingerprint density at radius 2 is 2.23 bits per heavy atom. The van der Waals surface area contributed by atoms with Gasteiger partial charge in [-0.3, -0.25) is 4.68 Å². The zero-order valence-electron chi connectivity index (χ0n) is 17.8. The summed E-state index contributed by atoms with van der Waals surface area (Å²) in [6.07, 6.45) is 3.61. The fourth-order valence-corrected chi connectivity index (χ4v) is 3.23. The molecule has 2 aromatic rings. The standard InChI is InChI=1S/C20H27F2N5O3.HI/c1-4-23-20(27-7-8-29-18(13-27)15-11-25-26(2)12-15)24-10-14-5-6-16(28-3)9-17(14)30-19(21)22;/h5-6,9,11-12,18-19H,4,7-8,10,13H2,1-3H3,(H,23,24);1H. The van der Waals surface area contributed by atoms with Crippen molar-refractivity contribution in [2.24, 2.45) is 12.0 Å². The molecule has 1 atom stereocenters. The molecule has 1 aliphatic rings. The molecule has 31 heavy (non-hydrogen) atoms. The zero-order chi connectivity index (χ0) is 21.5. The molecular formula is C20H28F2IN5O3. The Morgan fingerprint density at radius 3 is 2.87 bits per heavy atom. The number of halogens is 3. The van der Waals surface area contributed by atoms with Gasteiger partial charge in [0.2, 0.25) is 0 Å². The van der Waals surface area contributed by atoms with Gasteiger partial charge in [0.15, 0.2) is 5.96 Å². The molecule has 172 valence electrons. The molecule has 1 aliphatic heterocycles. The van der Waals surface area contributed by atoms with Gasteiger partial charge in [0.05, 0.1) is 33.0 Å². The molecule has 1 aromatic heterocycles. The van der Waals surface area contributed by atoms with E-state index in [2.05, 4.69) is 25.0 Å². The summed E-state index contributed by atoms with van der Waals surface area (Å²) in [5.74, 6) is 1.19. The minimum atomic E-state index is -2.92. The van der Waals surface area contributed by atoms with E-state index in [1.807, 2.05) is 20.2 Å². The second-order valence-corrected chi connectivity index (χ2v) is 6.78. The van der Waals surface area contributed by atoms with Crippen molar-refractivity contribution < 1.29 is 23.0 Å². The smallest absolute Gasteiger partial charge is 0.387 e. The summed E-state index contributed by atoms with van der Waals surface area (Å²) in [6, 6.07) is 4.82. The first kappa shape index (κ1) is 25.1. The molecule has 1 unspecified atom stereocenters. The molecule has 11 heteroatoms. The van der Waals surface area contributed by atoms with Crippen LogP contribution >= 0.6 is 24.0 Å². The van der Waals surface area contributed by atoms with Crippen LogP contribution in [0.2, 0.25) is 0 Å². The van der Waals surface area contributed by atoms with Crippen LogP contribution in [-0.4, -0.2) is 60.6 Å². The maximum absolute atomic E-state index is 12.8. The highest BCUT2D eigenvalue weighted by molar-refractivity contribution is 14.0. The minimum Gasteiger partial charge on any atom is -0.497 e. The topological polar surface area (TPSA) is 73.1 Å². The number of nitrogens with zero attached hydrogens (tertiary/aromatic N) is 4. The molecule has 0 amide bonds. The highest BCUT2D eigenvalue weighted by Gasteiger charge is 2.25. The lowest BCUT2D eigenvalue weighted by molar-refractivity contribution is -0.0505. The lowest BCUT2D eigenvalue weighted by Gasteiger charge is -2.34. The van der Waals surface area contributed by atoms with E-state index in [1.165, 1.54) is 13.2 Å². The maximum Gasteiger partial charge on any atom is 0.387 e. The van der Waals surface area contributed by atoms with Gasteiger partial charge >= 0.3 is 6.61 Å². The van der Waals surface area contributed by atoms with Crippen LogP contribution in [0.15, 0.2) is 35.6 Å². The third-order valence-electron chi connectivity index (χ3n) is 4.69. The number of ether oxygens (including phenoxy) is 3. The third kappa shape index (κ3) is 6.92. The Morgan fingerprint density at radius 1 is 1.42 bits per heavy atom. The van der Waals surface area contributed by atoms with E-state index >= 15 is 0 Å². The predicted molar refractivity (Wildman–Crippen MR) is 123 cm³/mol. The summed E-state index contributed by atoms with van der Waals surface area (Å²) < 4.78 is 43.0. The third-order valence-corrected chi connectivity index (χ3v) is 4.69. The number of rotatable bonds is 7. The Bertz CT molecular complexity index is 865. The van der Waals surface area contributed by atoms with Crippen molar-refractivity contribution in [2.45, 2.75) is 26.2 Å². The largest absolute Gasteiger partial charge is 0.497 e. The molecule has 3 rings (SSSR count). The van der Waals surface area contributed by atoms with Crippen molar-refractivity contribution in [1.29, 1.82) is 0 Å². The first-order chi connectivity index (χ1) is 14.5. The van der Waals surface area contributed by atoms with Crippen LogP contribution in [0.25, 0.3) is 0 Å². The van der Waals surface area contributed by atoms with E-state index < -0.39 is 6.61 Å². The van der Waals surface area contributed by atoms with Crippen LogP contribution in [0.4, 0.5) is 8.78 Å². The van der Waals surface area contributed by atoms with Gasteiger partial charge in [0, 0.05) is 43.5 Å². The van der Waals surface area contributed by atoms with E-state index in [9.17, 15) is 8.78 Å². The van der Waals surface area contributed by atoms with Crippen LogP contribution in [0.3, 0.4) is 0 Å². The Kier molecular flexibility index (Phi) is 9.75. The molecule has 0 bridgehead atoms. The van der Waals surface area contributed by atoms with Gasteiger partial charge in [-0.05, 0) is 19.1 Å². The fourth-order valence-electron chi connectivity index (χ4n) is 3.23. The summed E-state index contributed by atoms with van der Waals surface area (Å²) in [5, 5.41) is 7.48. The zero-order valence-corrected chi connectivity index (χ0v) is 20.1. The number of hydrogen-bond donors (Lipinski definition) is 1. The SMILES string of the molecule is CCNC(=NCc1ccc(OC)cc1OC(F)F)N1CCOC(c2cnn(C)c2)C1.I. The van der Waals surface area contributed by atoms with E-state index in [4.69, 9.17) is 9.47 Å². The molecule has 1 saturated heterocycles. The summed E-state index contributed by atoms with van der Waals surface area (Å²) in [7, 11) is 3.34. The molecular weight excluding hydrogens is 523 g/mol. The summed E-state index contributed by atoms with van der Waals surface area (Å²) >= 11 is 0. The second kappa shape index (κ2) is 12.0. The Hall–Kier alpha value is -2.15. The number of aryl methyl sites for hydroxylation is 1. The average molecular weight is 551 g/mol. The number of guanidine groups is 1. The minimum absolute atomic E-state index is 0. The van der Waals surface area contributed by atoms with Gasteiger partial charge in [-0.1, -0.05) is 0 Å². The summed E-state index contributed by atoms with van der Waals surface area (Å²) in [6.45, 7) is 1.75. The first-order valence-electron chi connectivity index (χ1n) is 9.75. The number of aromatic nitrogens is 2. The van der Waals surface area contributed by atoms with Gasteiger partial charge in [-0.25, -0.2) is 4.99 Å². The summed E-state index contributed by atoms with van der Waals surface area (Å²) in [4.78, 5) is 6.75. The van der Waals surface area contributed by atoms with Crippen molar-refractivity contribution in [3.8, 4) is 11.5 Å². The van der Waals surface area contributed by atoms with E-state index in [-0.39, 0.29) is 42.4 Å². The number of aliphatic imine (C=N–C) groups is 1. The monoisotopic (exact) mass is 551 g/mol. The van der Waals surface area contributed by atoms with Gasteiger partial charge < -0.3 is 24.4 Å². The highest BCUT2D eigenvalue weighted by Crippen LogP contribution is 2.27. The van der Waals surface area contributed by atoms with Gasteiger partial charge in [-0.15, -0.1) is 24.0 Å². The van der Waals surface area contributed by atoms with Crippen molar-refractivity contribution in [3.63, 3.8) is 0 Å². The van der Waals surface area contributed by atoms with E-state index in [0.717, 1.165) is 5.56 Å². The van der Waals surface area contributed by atoms with E-state index in [1.54, 1.807) is 23.0 Å². The molecule has 2 heterocycles. The number of alkyl halides is 2. The molecule has 1 fully saturated rings. The molecule has 0 aliphatic carbocycles. The number of nitrogens with one attached hydrogen (secondary N) is 1. The van der Waals surface area contributed by atoms with Crippen LogP contribution in [0.1, 0.15) is 24.2 Å². The van der Waals surface area contributed by atoms with Crippen molar-refractivity contribution >= 4 is 29.9 Å². The normalized spacial score (nSPS) is 16.8. The van der Waals surface area contributed by atoms with Crippen LogP contribution in [-0.2, 0) is 18.3 Å². The van der Waals surface area contributed by atoms with Crippen molar-refractivity contribution in [3.05, 3.63) is 41.7 Å². The van der Waals surface area contributed by atoms with Gasteiger partial charge in [-0.2, -0.15) is 13.9 Å². The lowest BCUT2D eigenvalue weighted by atomic mass is 10.1. The highest BCUT2D eigenvalue weighted by atomic mass is 127. The van der Waals surface area contributed by atoms with Crippen molar-refractivity contribution in [2.75, 3.05) is 33.4 Å². The molecule has 0 radical (unpaired) electrons. The predicted octanol–water partition coefficient (Wildman–Crippen LogP) is 3.19. The van der Waals surface area contributed by atoms with E-state index in [0.29, 0.717) is 43.5 Å². The maximum atomic E-state index is 12.8. The Labute approximate surface area is 197 Å². The molecule has 0 saturated carbocycles. The summed E-state index contributed by atoms with van der Waals surface area (Å²) in [5.41, 5.74) is 1.55. The first-order valence-corrected chi connectivity index (χ1v) is 9.75. The van der Waals surface area contributed by atoms with Gasteiger partial charge in [0.1, 0.15) is 17.6 Å². The Balaban J connectivity index is 0.00000341. The average Bonchev–Trinajstić information content (AvgIpc) is 3.18. The van der Waals surface area contributed by atoms with Crippen molar-refractivity contribution in [1.82, 2.24) is 20.0 Å². The number of benzene rings is 1. The molecule has 1 aromatic carbocycles. The fraction of sp³-hybridized carbons (Fsp3) is 0.500. The van der Waals surface area contributed by atoms with Crippen LogP contribution in [0, 0.1) is 0 Å². The number of hydrogen-bond acceptors (Lipinski definition) is 5. The number of morpholine rings is 1. The quantitative estimate of drug-likeness (QED) is 0.324. The molecule has 0 spiro atoms. The molecule has 8 nitrogen and oxygen atoms in total. The van der Waals surface area contributed by atoms with Gasteiger partial charge in [0.25, 0.3) is 0 Å². The lowest BCUT2D eigenvalue weighted by Crippen LogP contribution is -2.48.